The Hall–Kier alpha value is -1.65. The lowest BCUT2D eigenvalue weighted by Crippen LogP contribution is -2.13. The highest BCUT2D eigenvalue weighted by Gasteiger charge is 2.15. The van der Waals surface area contributed by atoms with Crippen LogP contribution in [0.3, 0.4) is 0 Å². The SMILES string of the molecule is N=C(O[C@@H](CCO)c1ccc(Br)cc1)c1ccccc1. The number of aliphatic hydroxyl groups is 1. The summed E-state index contributed by atoms with van der Waals surface area (Å²) < 4.78 is 6.70. The van der Waals surface area contributed by atoms with Crippen LogP contribution in [0.25, 0.3) is 0 Å². The topological polar surface area (TPSA) is 53.3 Å². The van der Waals surface area contributed by atoms with Crippen LogP contribution < -0.4 is 0 Å². The van der Waals surface area contributed by atoms with E-state index in [9.17, 15) is 5.11 Å². The Morgan fingerprint density at radius 1 is 1.10 bits per heavy atom. The molecule has 2 rings (SSSR count). The van der Waals surface area contributed by atoms with Crippen LogP contribution in [0.1, 0.15) is 23.7 Å². The second-order valence-electron chi connectivity index (χ2n) is 4.37. The lowest BCUT2D eigenvalue weighted by molar-refractivity contribution is 0.145. The van der Waals surface area contributed by atoms with E-state index in [1.165, 1.54) is 0 Å². The van der Waals surface area contributed by atoms with Gasteiger partial charge in [-0.05, 0) is 29.8 Å². The minimum Gasteiger partial charge on any atom is -0.469 e. The monoisotopic (exact) mass is 333 g/mol. The Bertz CT molecular complexity index is 554. The van der Waals surface area contributed by atoms with Crippen molar-refractivity contribution in [1.82, 2.24) is 0 Å². The zero-order valence-corrected chi connectivity index (χ0v) is 12.5. The van der Waals surface area contributed by atoms with E-state index in [1.807, 2.05) is 54.6 Å². The molecule has 20 heavy (non-hydrogen) atoms. The summed E-state index contributed by atoms with van der Waals surface area (Å²) in [5, 5.41) is 17.2. The first-order valence-electron chi connectivity index (χ1n) is 6.37. The van der Waals surface area contributed by atoms with Crippen LogP contribution in [0, 0.1) is 5.41 Å². The van der Waals surface area contributed by atoms with Crippen molar-refractivity contribution in [3.05, 3.63) is 70.2 Å². The van der Waals surface area contributed by atoms with Gasteiger partial charge >= 0.3 is 0 Å². The van der Waals surface area contributed by atoms with Crippen LogP contribution >= 0.6 is 15.9 Å². The summed E-state index contributed by atoms with van der Waals surface area (Å²) in [4.78, 5) is 0. The average molecular weight is 334 g/mol. The fraction of sp³-hybridized carbons (Fsp3) is 0.188. The normalized spacial score (nSPS) is 11.9. The average Bonchev–Trinajstić information content (AvgIpc) is 2.48. The highest BCUT2D eigenvalue weighted by Crippen LogP contribution is 2.24. The number of nitrogens with one attached hydrogen (secondary N) is 1. The van der Waals surface area contributed by atoms with Crippen molar-refractivity contribution in [3.63, 3.8) is 0 Å². The zero-order valence-electron chi connectivity index (χ0n) is 10.9. The van der Waals surface area contributed by atoms with E-state index in [0.29, 0.717) is 6.42 Å². The van der Waals surface area contributed by atoms with Gasteiger partial charge in [0.15, 0.2) is 0 Å². The molecule has 0 bridgehead atoms. The molecule has 0 radical (unpaired) electrons. The molecule has 2 N–H and O–H groups in total. The van der Waals surface area contributed by atoms with E-state index < -0.39 is 0 Å². The van der Waals surface area contributed by atoms with E-state index in [0.717, 1.165) is 15.6 Å². The fourth-order valence-electron chi connectivity index (χ4n) is 1.89. The van der Waals surface area contributed by atoms with Gasteiger partial charge in [-0.15, -0.1) is 0 Å². The number of aliphatic hydroxyl groups excluding tert-OH is 1. The van der Waals surface area contributed by atoms with Crippen molar-refractivity contribution in [2.75, 3.05) is 6.61 Å². The summed E-state index contributed by atoms with van der Waals surface area (Å²) in [6.45, 7) is 0.0167. The molecule has 0 unspecified atom stereocenters. The third kappa shape index (κ3) is 3.92. The Balaban J connectivity index is 2.13. The van der Waals surface area contributed by atoms with E-state index >= 15 is 0 Å². The molecule has 2 aromatic carbocycles. The molecule has 0 spiro atoms. The second-order valence-corrected chi connectivity index (χ2v) is 5.28. The van der Waals surface area contributed by atoms with Crippen LogP contribution in [0.4, 0.5) is 0 Å². The summed E-state index contributed by atoms with van der Waals surface area (Å²) in [5.41, 5.74) is 1.68. The summed E-state index contributed by atoms with van der Waals surface area (Å²) in [5.74, 6) is 0.118. The molecule has 0 saturated heterocycles. The summed E-state index contributed by atoms with van der Waals surface area (Å²) in [6, 6.07) is 17.0. The van der Waals surface area contributed by atoms with Crippen molar-refractivity contribution in [3.8, 4) is 0 Å². The lowest BCUT2D eigenvalue weighted by atomic mass is 10.1. The maximum Gasteiger partial charge on any atom is 0.213 e. The first kappa shape index (κ1) is 14.8. The van der Waals surface area contributed by atoms with Crippen molar-refractivity contribution in [1.29, 1.82) is 5.41 Å². The van der Waals surface area contributed by atoms with E-state index in [-0.39, 0.29) is 18.6 Å². The molecule has 0 heterocycles. The van der Waals surface area contributed by atoms with E-state index in [2.05, 4.69) is 15.9 Å². The van der Waals surface area contributed by atoms with Gasteiger partial charge in [-0.25, -0.2) is 0 Å². The number of rotatable bonds is 5. The van der Waals surface area contributed by atoms with Crippen LogP contribution in [-0.4, -0.2) is 17.6 Å². The highest BCUT2D eigenvalue weighted by molar-refractivity contribution is 9.10. The van der Waals surface area contributed by atoms with Gasteiger partial charge in [-0.2, -0.15) is 0 Å². The minimum atomic E-state index is -0.319. The smallest absolute Gasteiger partial charge is 0.213 e. The standard InChI is InChI=1S/C16H16BrNO2/c17-14-8-6-12(7-9-14)15(10-11-19)20-16(18)13-4-2-1-3-5-13/h1-9,15,18-19H,10-11H2/t15-/m0/s1. The number of hydrogen-bond acceptors (Lipinski definition) is 3. The summed E-state index contributed by atoms with van der Waals surface area (Å²) >= 11 is 3.39. The first-order valence-corrected chi connectivity index (χ1v) is 7.17. The van der Waals surface area contributed by atoms with Gasteiger partial charge in [0, 0.05) is 23.1 Å². The minimum absolute atomic E-state index is 0.0167. The zero-order chi connectivity index (χ0) is 14.4. The van der Waals surface area contributed by atoms with Crippen molar-refractivity contribution < 1.29 is 9.84 Å². The van der Waals surface area contributed by atoms with Gasteiger partial charge in [0.25, 0.3) is 0 Å². The fourth-order valence-corrected chi connectivity index (χ4v) is 2.15. The third-order valence-electron chi connectivity index (χ3n) is 2.93. The molecule has 1 atom stereocenters. The molecule has 4 heteroatoms. The second kappa shape index (κ2) is 7.22. The lowest BCUT2D eigenvalue weighted by Gasteiger charge is -2.19. The maximum atomic E-state index is 9.18. The molecule has 0 amide bonds. The molecule has 0 fully saturated rings. The third-order valence-corrected chi connectivity index (χ3v) is 3.46. The summed E-state index contributed by atoms with van der Waals surface area (Å²) in [7, 11) is 0. The van der Waals surface area contributed by atoms with Gasteiger partial charge in [0.1, 0.15) is 6.10 Å². The largest absolute Gasteiger partial charge is 0.469 e. The molecule has 0 aliphatic heterocycles. The molecule has 0 aliphatic rings. The Kier molecular flexibility index (Phi) is 5.32. The summed E-state index contributed by atoms with van der Waals surface area (Å²) in [6.07, 6.45) is 0.137. The molecular formula is C16H16BrNO2. The molecular weight excluding hydrogens is 318 g/mol. The van der Waals surface area contributed by atoms with Crippen LogP contribution in [0.5, 0.6) is 0 Å². The van der Waals surface area contributed by atoms with Gasteiger partial charge in [-0.1, -0.05) is 46.3 Å². The quantitative estimate of drug-likeness (QED) is 0.643. The predicted octanol–water partition coefficient (Wildman–Crippen LogP) is 3.91. The van der Waals surface area contributed by atoms with Gasteiger partial charge in [0.2, 0.25) is 5.90 Å². The number of benzene rings is 2. The van der Waals surface area contributed by atoms with Crippen LogP contribution in [0.2, 0.25) is 0 Å². The first-order chi connectivity index (χ1) is 9.70. The Morgan fingerprint density at radius 3 is 2.35 bits per heavy atom. The Morgan fingerprint density at radius 2 is 1.75 bits per heavy atom. The van der Waals surface area contributed by atoms with Gasteiger partial charge in [-0.3, -0.25) is 5.41 Å². The molecule has 0 saturated carbocycles. The van der Waals surface area contributed by atoms with E-state index in [4.69, 9.17) is 10.1 Å². The molecule has 0 aliphatic carbocycles. The van der Waals surface area contributed by atoms with Crippen molar-refractivity contribution in [2.45, 2.75) is 12.5 Å². The number of halogens is 1. The highest BCUT2D eigenvalue weighted by atomic mass is 79.9. The van der Waals surface area contributed by atoms with E-state index in [1.54, 1.807) is 0 Å². The van der Waals surface area contributed by atoms with Crippen molar-refractivity contribution in [2.24, 2.45) is 0 Å². The number of ether oxygens (including phenoxy) is 1. The van der Waals surface area contributed by atoms with Crippen molar-refractivity contribution >= 4 is 21.8 Å². The maximum absolute atomic E-state index is 9.18. The van der Waals surface area contributed by atoms with Gasteiger partial charge in [0.05, 0.1) is 0 Å². The Labute approximate surface area is 126 Å². The molecule has 3 nitrogen and oxygen atoms in total. The number of hydrogen-bond donors (Lipinski definition) is 2. The molecule has 104 valence electrons. The molecule has 0 aromatic heterocycles. The predicted molar refractivity (Wildman–Crippen MR) is 82.9 cm³/mol. The van der Waals surface area contributed by atoms with Gasteiger partial charge < -0.3 is 9.84 Å². The van der Waals surface area contributed by atoms with Crippen LogP contribution in [-0.2, 0) is 4.74 Å². The molecule has 2 aromatic rings. The van der Waals surface area contributed by atoms with Crippen LogP contribution in [0.15, 0.2) is 59.1 Å².